The van der Waals surface area contributed by atoms with Crippen LogP contribution < -0.4 is 24.4 Å². The lowest BCUT2D eigenvalue weighted by molar-refractivity contribution is -0.121. The number of nitrogens with zero attached hydrogens (tertiary/aromatic N) is 2. The van der Waals surface area contributed by atoms with Crippen LogP contribution in [0.3, 0.4) is 0 Å². The number of carbonyl (C=O) groups is 2. The smallest absolute Gasteiger partial charge is 0.265 e. The SMILES string of the molecule is COc1ccc(OCCCN2C(=O)COc3ccc(NC(=O)c4cccnc4)cc32)cc1. The number of fused-ring (bicyclic) bond motifs is 1. The van der Waals surface area contributed by atoms with E-state index in [1.807, 2.05) is 24.3 Å². The van der Waals surface area contributed by atoms with E-state index in [-0.39, 0.29) is 18.4 Å². The highest BCUT2D eigenvalue weighted by Gasteiger charge is 2.25. The van der Waals surface area contributed by atoms with E-state index < -0.39 is 0 Å². The maximum absolute atomic E-state index is 12.5. The largest absolute Gasteiger partial charge is 0.497 e. The van der Waals surface area contributed by atoms with Gasteiger partial charge >= 0.3 is 0 Å². The number of anilines is 2. The maximum atomic E-state index is 12.5. The van der Waals surface area contributed by atoms with Gasteiger partial charge in [-0.2, -0.15) is 0 Å². The van der Waals surface area contributed by atoms with Crippen LogP contribution in [0.2, 0.25) is 0 Å². The summed E-state index contributed by atoms with van der Waals surface area (Å²) in [6.45, 7) is 0.892. The predicted molar refractivity (Wildman–Crippen MR) is 120 cm³/mol. The van der Waals surface area contributed by atoms with Gasteiger partial charge in [0.15, 0.2) is 6.61 Å². The molecule has 0 spiro atoms. The first-order valence-corrected chi connectivity index (χ1v) is 10.2. The molecule has 0 radical (unpaired) electrons. The van der Waals surface area contributed by atoms with Crippen LogP contribution in [0.4, 0.5) is 11.4 Å². The molecule has 0 saturated heterocycles. The molecule has 2 heterocycles. The first-order chi connectivity index (χ1) is 15.6. The highest BCUT2D eigenvalue weighted by molar-refractivity contribution is 6.05. The highest BCUT2D eigenvalue weighted by Crippen LogP contribution is 2.34. The molecule has 0 atom stereocenters. The van der Waals surface area contributed by atoms with Crippen LogP contribution in [0.15, 0.2) is 67.0 Å². The van der Waals surface area contributed by atoms with Crippen molar-refractivity contribution in [1.29, 1.82) is 0 Å². The van der Waals surface area contributed by atoms with Crippen molar-refractivity contribution in [3.05, 3.63) is 72.6 Å². The molecule has 0 saturated carbocycles. The number of rotatable bonds is 8. The van der Waals surface area contributed by atoms with Gasteiger partial charge in [-0.25, -0.2) is 0 Å². The van der Waals surface area contributed by atoms with Crippen molar-refractivity contribution in [3.63, 3.8) is 0 Å². The van der Waals surface area contributed by atoms with Crippen molar-refractivity contribution < 1.29 is 23.8 Å². The summed E-state index contributed by atoms with van der Waals surface area (Å²) in [4.78, 5) is 30.5. The number of hydrogen-bond donors (Lipinski definition) is 1. The topological polar surface area (TPSA) is 90.0 Å². The van der Waals surface area contributed by atoms with Gasteiger partial charge in [0, 0.05) is 24.6 Å². The third-order valence-corrected chi connectivity index (χ3v) is 4.94. The summed E-state index contributed by atoms with van der Waals surface area (Å²) in [5.74, 6) is 1.68. The Bertz CT molecular complexity index is 1090. The Labute approximate surface area is 185 Å². The molecular weight excluding hydrogens is 410 g/mol. The van der Waals surface area contributed by atoms with Crippen molar-refractivity contribution in [1.82, 2.24) is 4.98 Å². The van der Waals surface area contributed by atoms with E-state index in [4.69, 9.17) is 14.2 Å². The molecule has 1 aliphatic rings. The molecule has 3 aromatic rings. The second-order valence-corrected chi connectivity index (χ2v) is 7.09. The Balaban J connectivity index is 1.39. The van der Waals surface area contributed by atoms with Crippen LogP contribution in [0, 0.1) is 0 Å². The highest BCUT2D eigenvalue weighted by atomic mass is 16.5. The first-order valence-electron chi connectivity index (χ1n) is 10.2. The van der Waals surface area contributed by atoms with Gasteiger partial charge in [0.2, 0.25) is 0 Å². The second kappa shape index (κ2) is 9.82. The fourth-order valence-corrected chi connectivity index (χ4v) is 3.31. The number of carbonyl (C=O) groups excluding carboxylic acids is 2. The van der Waals surface area contributed by atoms with Crippen LogP contribution in [0.5, 0.6) is 17.2 Å². The minimum Gasteiger partial charge on any atom is -0.497 e. The van der Waals surface area contributed by atoms with E-state index >= 15 is 0 Å². The number of benzene rings is 2. The number of pyridine rings is 1. The lowest BCUT2D eigenvalue weighted by Gasteiger charge is -2.30. The van der Waals surface area contributed by atoms with Crippen LogP contribution in [0.25, 0.3) is 0 Å². The summed E-state index contributed by atoms with van der Waals surface area (Å²) in [6, 6.07) is 16.0. The number of nitrogens with one attached hydrogen (secondary N) is 1. The summed E-state index contributed by atoms with van der Waals surface area (Å²) in [6.07, 6.45) is 3.73. The van der Waals surface area contributed by atoms with Gasteiger partial charge in [0.1, 0.15) is 17.2 Å². The molecule has 8 heteroatoms. The van der Waals surface area contributed by atoms with Crippen molar-refractivity contribution >= 4 is 23.2 Å². The maximum Gasteiger partial charge on any atom is 0.265 e. The van der Waals surface area contributed by atoms with Gasteiger partial charge in [-0.15, -0.1) is 0 Å². The Morgan fingerprint density at radius 3 is 2.72 bits per heavy atom. The monoisotopic (exact) mass is 433 g/mol. The number of methoxy groups -OCH3 is 1. The summed E-state index contributed by atoms with van der Waals surface area (Å²) >= 11 is 0. The van der Waals surface area contributed by atoms with Gasteiger partial charge in [-0.3, -0.25) is 14.6 Å². The molecule has 0 aliphatic carbocycles. The summed E-state index contributed by atoms with van der Waals surface area (Å²) in [5, 5.41) is 2.83. The van der Waals surface area contributed by atoms with Gasteiger partial charge in [0.05, 0.1) is 25.0 Å². The van der Waals surface area contributed by atoms with Gasteiger partial charge < -0.3 is 24.4 Å². The molecule has 8 nitrogen and oxygen atoms in total. The van der Waals surface area contributed by atoms with Gasteiger partial charge in [0.25, 0.3) is 11.8 Å². The third-order valence-electron chi connectivity index (χ3n) is 4.94. The van der Waals surface area contributed by atoms with Crippen molar-refractivity contribution in [2.45, 2.75) is 6.42 Å². The molecular formula is C24H23N3O5. The second-order valence-electron chi connectivity index (χ2n) is 7.09. The minimum absolute atomic E-state index is 0.0201. The molecule has 32 heavy (non-hydrogen) atoms. The van der Waals surface area contributed by atoms with Crippen molar-refractivity contribution in [3.8, 4) is 17.2 Å². The van der Waals surface area contributed by atoms with Crippen LogP contribution >= 0.6 is 0 Å². The number of ether oxygens (including phenoxy) is 3. The molecule has 1 N–H and O–H groups in total. The molecule has 0 unspecified atom stereocenters. The van der Waals surface area contributed by atoms with Crippen molar-refractivity contribution in [2.75, 3.05) is 37.1 Å². The van der Waals surface area contributed by atoms with E-state index in [0.29, 0.717) is 42.3 Å². The van der Waals surface area contributed by atoms with E-state index in [9.17, 15) is 9.59 Å². The predicted octanol–water partition coefficient (Wildman–Crippen LogP) is 3.54. The number of aromatic nitrogens is 1. The fraction of sp³-hybridized carbons (Fsp3) is 0.208. The quantitative estimate of drug-likeness (QED) is 0.547. The molecule has 1 aliphatic heterocycles. The first kappa shape index (κ1) is 21.2. The van der Waals surface area contributed by atoms with Gasteiger partial charge in [-0.05, 0) is 61.0 Å². The molecule has 0 fully saturated rings. The summed E-state index contributed by atoms with van der Waals surface area (Å²) in [7, 11) is 1.61. The fourth-order valence-electron chi connectivity index (χ4n) is 3.31. The van der Waals surface area contributed by atoms with E-state index in [2.05, 4.69) is 10.3 Å². The Morgan fingerprint density at radius 1 is 1.16 bits per heavy atom. The summed E-state index contributed by atoms with van der Waals surface area (Å²) < 4.78 is 16.4. The normalized spacial score (nSPS) is 12.5. The molecule has 2 aromatic carbocycles. The van der Waals surface area contributed by atoms with Crippen LogP contribution in [0.1, 0.15) is 16.8 Å². The standard InChI is InChI=1S/C24H23N3O5/c1-30-19-6-8-20(9-7-19)31-13-3-12-27-21-14-18(5-10-22(21)32-16-23(27)28)26-24(29)17-4-2-11-25-15-17/h2,4-11,14-15H,3,12-13,16H2,1H3,(H,26,29). The molecule has 0 bridgehead atoms. The molecule has 164 valence electrons. The Morgan fingerprint density at radius 2 is 1.97 bits per heavy atom. The average Bonchev–Trinajstić information content (AvgIpc) is 2.84. The van der Waals surface area contributed by atoms with Gasteiger partial charge in [-0.1, -0.05) is 0 Å². The van der Waals surface area contributed by atoms with Crippen molar-refractivity contribution in [2.24, 2.45) is 0 Å². The minimum atomic E-state index is -0.277. The number of hydrogen-bond acceptors (Lipinski definition) is 6. The number of amides is 2. The third kappa shape index (κ3) is 4.97. The van der Waals surface area contributed by atoms with E-state index in [0.717, 1.165) is 11.5 Å². The lowest BCUT2D eigenvalue weighted by atomic mass is 10.2. The zero-order valence-corrected chi connectivity index (χ0v) is 17.6. The van der Waals surface area contributed by atoms with Crippen LogP contribution in [-0.4, -0.2) is 43.7 Å². The molecule has 2 amide bonds. The molecule has 4 rings (SSSR count). The van der Waals surface area contributed by atoms with Crippen LogP contribution in [-0.2, 0) is 4.79 Å². The molecule has 1 aromatic heterocycles. The Hall–Kier alpha value is -4.07. The lowest BCUT2D eigenvalue weighted by Crippen LogP contribution is -2.39. The Kier molecular flexibility index (Phi) is 6.50. The zero-order valence-electron chi connectivity index (χ0n) is 17.6. The van der Waals surface area contributed by atoms with E-state index in [1.165, 1.54) is 6.20 Å². The van der Waals surface area contributed by atoms with E-state index in [1.54, 1.807) is 48.5 Å². The average molecular weight is 433 g/mol. The zero-order chi connectivity index (χ0) is 22.3. The summed E-state index contributed by atoms with van der Waals surface area (Å²) in [5.41, 5.74) is 1.63.